The number of hydrogen-bond acceptors (Lipinski definition) is 7. The Morgan fingerprint density at radius 3 is 2.41 bits per heavy atom. The van der Waals surface area contributed by atoms with Gasteiger partial charge in [0.2, 0.25) is 5.78 Å². The van der Waals surface area contributed by atoms with Crippen molar-refractivity contribution in [2.45, 2.75) is 29.4 Å². The fourth-order valence-electron chi connectivity index (χ4n) is 3.78. The van der Waals surface area contributed by atoms with E-state index in [4.69, 9.17) is 0 Å². The van der Waals surface area contributed by atoms with Gasteiger partial charge in [0, 0.05) is 49.0 Å². The minimum absolute atomic E-state index is 0.0193. The summed E-state index contributed by atoms with van der Waals surface area (Å²) in [5.41, 5.74) is -0.144. The summed E-state index contributed by atoms with van der Waals surface area (Å²) in [6.45, 7) is 0. The van der Waals surface area contributed by atoms with Crippen LogP contribution in [0.1, 0.15) is 45.9 Å². The molecule has 0 aliphatic heterocycles. The molecule has 4 rings (SSSR count). The van der Waals surface area contributed by atoms with Gasteiger partial charge in [-0.05, 0) is 31.0 Å². The molecule has 1 saturated carbocycles. The SMILES string of the molecule is Cn1[nH]c(C2CC2)c(C(=O)c2ccc(S(C)(=O)=O)c(-n3cccn3)c2CS(C)(=O)=O)c1=O. The van der Waals surface area contributed by atoms with Gasteiger partial charge in [0.15, 0.2) is 19.7 Å². The molecule has 170 valence electrons. The molecule has 1 aliphatic rings. The van der Waals surface area contributed by atoms with Gasteiger partial charge in [-0.15, -0.1) is 0 Å². The summed E-state index contributed by atoms with van der Waals surface area (Å²) in [5.74, 6) is -1.20. The number of rotatable bonds is 7. The molecule has 0 amide bonds. The maximum Gasteiger partial charge on any atom is 0.277 e. The van der Waals surface area contributed by atoms with Crippen molar-refractivity contribution < 1.29 is 21.6 Å². The molecule has 0 unspecified atom stereocenters. The number of carbonyl (C=O) groups is 1. The van der Waals surface area contributed by atoms with Crippen LogP contribution in [-0.4, -0.2) is 54.7 Å². The summed E-state index contributed by atoms with van der Waals surface area (Å²) in [6, 6.07) is 4.08. The predicted octanol–water partition coefficient (Wildman–Crippen LogP) is 0.956. The van der Waals surface area contributed by atoms with Gasteiger partial charge in [0.25, 0.3) is 5.56 Å². The van der Waals surface area contributed by atoms with E-state index < -0.39 is 36.8 Å². The summed E-state index contributed by atoms with van der Waals surface area (Å²) in [7, 11) is -5.98. The Bertz CT molecular complexity index is 1490. The highest BCUT2D eigenvalue weighted by Gasteiger charge is 2.35. The van der Waals surface area contributed by atoms with Crippen LogP contribution in [-0.2, 0) is 32.5 Å². The van der Waals surface area contributed by atoms with Crippen molar-refractivity contribution in [3.63, 3.8) is 0 Å². The third-order valence-electron chi connectivity index (χ3n) is 5.32. The second-order valence-corrected chi connectivity index (χ2v) is 12.2. The minimum atomic E-state index is -3.80. The number of H-pyrrole nitrogens is 1. The van der Waals surface area contributed by atoms with Crippen molar-refractivity contribution >= 4 is 25.5 Å². The summed E-state index contributed by atoms with van der Waals surface area (Å²) in [6.07, 6.45) is 6.54. The van der Waals surface area contributed by atoms with Crippen molar-refractivity contribution in [2.24, 2.45) is 7.05 Å². The molecule has 0 bridgehead atoms. The normalized spacial score (nSPS) is 14.6. The van der Waals surface area contributed by atoms with E-state index in [1.165, 1.54) is 40.9 Å². The second kappa shape index (κ2) is 7.55. The van der Waals surface area contributed by atoms with Crippen LogP contribution in [0.3, 0.4) is 0 Å². The van der Waals surface area contributed by atoms with E-state index >= 15 is 0 Å². The van der Waals surface area contributed by atoms with Gasteiger partial charge in [-0.25, -0.2) is 21.5 Å². The largest absolute Gasteiger partial charge is 0.299 e. The second-order valence-electron chi connectivity index (χ2n) is 8.10. The van der Waals surface area contributed by atoms with E-state index in [0.29, 0.717) is 5.69 Å². The van der Waals surface area contributed by atoms with Gasteiger partial charge in [-0.3, -0.25) is 19.4 Å². The standard InChI is InChI=1S/C20H22N4O6S2/c1-23-20(26)16(17(22-23)12-5-6-12)19(25)13-7-8-15(32(3,29)30)18(24-10-4-9-21-24)14(13)11-31(2,27)28/h4,7-10,12,22H,5-6,11H2,1-3H3. The monoisotopic (exact) mass is 478 g/mol. The molecule has 2 aromatic heterocycles. The Hall–Kier alpha value is -2.99. The molecule has 0 atom stereocenters. The van der Waals surface area contributed by atoms with Gasteiger partial charge < -0.3 is 0 Å². The number of sulfone groups is 2. The molecule has 10 nitrogen and oxygen atoms in total. The van der Waals surface area contributed by atoms with Gasteiger partial charge >= 0.3 is 0 Å². The van der Waals surface area contributed by atoms with Crippen LogP contribution in [0, 0.1) is 0 Å². The molecule has 1 aromatic carbocycles. The van der Waals surface area contributed by atoms with Crippen molar-refractivity contribution in [1.82, 2.24) is 19.6 Å². The number of nitrogens with zero attached hydrogens (tertiary/aromatic N) is 3. The Labute approximate surface area is 184 Å². The average molecular weight is 479 g/mol. The first kappa shape index (κ1) is 22.2. The number of benzene rings is 1. The highest BCUT2D eigenvalue weighted by molar-refractivity contribution is 7.91. The van der Waals surface area contributed by atoms with Gasteiger partial charge in [-0.1, -0.05) is 0 Å². The topological polar surface area (TPSA) is 141 Å². The first-order valence-corrected chi connectivity index (χ1v) is 13.7. The van der Waals surface area contributed by atoms with Crippen LogP contribution < -0.4 is 5.56 Å². The lowest BCUT2D eigenvalue weighted by Crippen LogP contribution is -2.22. The van der Waals surface area contributed by atoms with Gasteiger partial charge in [0.1, 0.15) is 5.56 Å². The molecule has 0 spiro atoms. The molecule has 3 aromatic rings. The summed E-state index contributed by atoms with van der Waals surface area (Å²) >= 11 is 0. The minimum Gasteiger partial charge on any atom is -0.299 e. The van der Waals surface area contributed by atoms with E-state index in [0.717, 1.165) is 25.4 Å². The van der Waals surface area contributed by atoms with Crippen LogP contribution in [0.2, 0.25) is 0 Å². The van der Waals surface area contributed by atoms with Crippen molar-refractivity contribution in [3.05, 3.63) is 63.3 Å². The van der Waals surface area contributed by atoms with Crippen LogP contribution in [0.5, 0.6) is 0 Å². The molecular weight excluding hydrogens is 456 g/mol. The smallest absolute Gasteiger partial charge is 0.277 e. The van der Waals surface area contributed by atoms with Crippen molar-refractivity contribution in [1.29, 1.82) is 0 Å². The highest BCUT2D eigenvalue weighted by atomic mass is 32.2. The predicted molar refractivity (Wildman–Crippen MR) is 117 cm³/mol. The third kappa shape index (κ3) is 4.07. The van der Waals surface area contributed by atoms with Crippen LogP contribution in [0.15, 0.2) is 40.3 Å². The number of nitrogens with one attached hydrogen (secondary N) is 1. The number of aromatic nitrogens is 4. The maximum atomic E-state index is 13.6. The maximum absolute atomic E-state index is 13.6. The summed E-state index contributed by atoms with van der Waals surface area (Å²) in [5, 5.41) is 7.00. The van der Waals surface area contributed by atoms with Crippen LogP contribution in [0.4, 0.5) is 0 Å². The molecule has 0 saturated heterocycles. The zero-order valence-corrected chi connectivity index (χ0v) is 19.3. The lowest BCUT2D eigenvalue weighted by Gasteiger charge is -2.17. The third-order valence-corrected chi connectivity index (χ3v) is 7.26. The van der Waals surface area contributed by atoms with E-state index in [-0.39, 0.29) is 33.2 Å². The van der Waals surface area contributed by atoms with Crippen LogP contribution in [0.25, 0.3) is 5.69 Å². The first-order valence-electron chi connectivity index (χ1n) is 9.75. The molecule has 1 N–H and O–H groups in total. The fraction of sp³-hybridized carbons (Fsp3) is 0.350. The Morgan fingerprint density at radius 1 is 1.19 bits per heavy atom. The van der Waals surface area contributed by atoms with Crippen molar-refractivity contribution in [3.8, 4) is 5.69 Å². The quantitative estimate of drug-likeness (QED) is 0.499. The number of carbonyl (C=O) groups excluding carboxylic acids is 1. The number of hydrogen-bond donors (Lipinski definition) is 1. The van der Waals surface area contributed by atoms with E-state index in [1.807, 2.05) is 0 Å². The summed E-state index contributed by atoms with van der Waals surface area (Å²) in [4.78, 5) is 26.2. The zero-order valence-electron chi connectivity index (χ0n) is 17.7. The molecular formula is C20H22N4O6S2. The number of aromatic amines is 1. The van der Waals surface area contributed by atoms with Gasteiger partial charge in [-0.2, -0.15) is 5.10 Å². The fourth-order valence-corrected chi connectivity index (χ4v) is 5.48. The molecule has 2 heterocycles. The zero-order chi connectivity index (χ0) is 23.4. The molecule has 12 heteroatoms. The summed E-state index contributed by atoms with van der Waals surface area (Å²) < 4.78 is 52.0. The molecule has 1 aliphatic carbocycles. The van der Waals surface area contributed by atoms with E-state index in [9.17, 15) is 26.4 Å². The Balaban J connectivity index is 2.05. The van der Waals surface area contributed by atoms with Crippen LogP contribution >= 0.6 is 0 Å². The number of ketones is 1. The number of aryl methyl sites for hydroxylation is 1. The average Bonchev–Trinajstić information content (AvgIpc) is 3.29. The Morgan fingerprint density at radius 2 is 1.88 bits per heavy atom. The lowest BCUT2D eigenvalue weighted by atomic mass is 9.96. The van der Waals surface area contributed by atoms with Gasteiger partial charge in [0.05, 0.1) is 22.0 Å². The van der Waals surface area contributed by atoms with E-state index in [2.05, 4.69) is 10.2 Å². The Kier molecular flexibility index (Phi) is 5.24. The van der Waals surface area contributed by atoms with Crippen molar-refractivity contribution in [2.75, 3.05) is 12.5 Å². The lowest BCUT2D eigenvalue weighted by molar-refractivity contribution is 0.103. The molecule has 1 fully saturated rings. The van der Waals surface area contributed by atoms with E-state index in [1.54, 1.807) is 6.07 Å². The molecule has 0 radical (unpaired) electrons. The highest BCUT2D eigenvalue weighted by Crippen LogP contribution is 2.40. The first-order chi connectivity index (χ1) is 14.9. The molecule has 32 heavy (non-hydrogen) atoms.